The normalized spacial score (nSPS) is 15.0. The molecule has 7 heteroatoms. The lowest BCUT2D eigenvalue weighted by molar-refractivity contribution is -0.138. The predicted molar refractivity (Wildman–Crippen MR) is 84.2 cm³/mol. The van der Waals surface area contributed by atoms with Crippen molar-refractivity contribution in [1.82, 2.24) is 4.90 Å². The Morgan fingerprint density at radius 3 is 2.64 bits per heavy atom. The standard InChI is InChI=1S/C15H15Cl2NO4/c1-2-22-14(19)11-8-18(15(20)21)6-5-10(11)9-3-4-12(16)13(17)7-9/h3-4,7H,2,5-6,8H2,1H3,(H,20,21). The van der Waals surface area contributed by atoms with Gasteiger partial charge in [0, 0.05) is 6.54 Å². The highest BCUT2D eigenvalue weighted by Crippen LogP contribution is 2.32. The number of esters is 1. The fraction of sp³-hybridized carbons (Fsp3) is 0.333. The zero-order valence-corrected chi connectivity index (χ0v) is 13.4. The number of halogens is 2. The molecule has 1 aromatic carbocycles. The lowest BCUT2D eigenvalue weighted by Gasteiger charge is -2.28. The van der Waals surface area contributed by atoms with E-state index < -0.39 is 12.1 Å². The minimum Gasteiger partial charge on any atom is -0.465 e. The van der Waals surface area contributed by atoms with Crippen molar-refractivity contribution in [3.05, 3.63) is 39.4 Å². The number of hydrogen-bond donors (Lipinski definition) is 1. The fourth-order valence-corrected chi connectivity index (χ4v) is 2.63. The number of carbonyl (C=O) groups excluding carboxylic acids is 1. The van der Waals surface area contributed by atoms with E-state index in [9.17, 15) is 9.59 Å². The summed E-state index contributed by atoms with van der Waals surface area (Å²) in [7, 11) is 0. The van der Waals surface area contributed by atoms with Gasteiger partial charge in [-0.2, -0.15) is 0 Å². The van der Waals surface area contributed by atoms with Crippen LogP contribution >= 0.6 is 23.2 Å². The molecule has 0 unspecified atom stereocenters. The van der Waals surface area contributed by atoms with Crippen molar-refractivity contribution in [2.75, 3.05) is 19.7 Å². The van der Waals surface area contributed by atoms with Gasteiger partial charge in [-0.25, -0.2) is 9.59 Å². The zero-order chi connectivity index (χ0) is 16.3. The first-order valence-corrected chi connectivity index (χ1v) is 7.52. The van der Waals surface area contributed by atoms with Gasteiger partial charge in [-0.05, 0) is 36.6 Å². The highest BCUT2D eigenvalue weighted by molar-refractivity contribution is 6.42. The van der Waals surface area contributed by atoms with Crippen LogP contribution in [0.4, 0.5) is 4.79 Å². The van der Waals surface area contributed by atoms with Crippen molar-refractivity contribution < 1.29 is 19.4 Å². The van der Waals surface area contributed by atoms with Crippen LogP contribution in [-0.4, -0.2) is 41.8 Å². The van der Waals surface area contributed by atoms with Gasteiger partial charge in [0.15, 0.2) is 0 Å². The third-order valence-electron chi connectivity index (χ3n) is 3.41. The summed E-state index contributed by atoms with van der Waals surface area (Å²) >= 11 is 11.9. The van der Waals surface area contributed by atoms with Crippen LogP contribution in [0.5, 0.6) is 0 Å². The first kappa shape index (κ1) is 16.6. The second kappa shape index (κ2) is 7.03. The number of ether oxygens (including phenoxy) is 1. The molecule has 1 aliphatic heterocycles. The molecule has 0 saturated carbocycles. The van der Waals surface area contributed by atoms with Crippen molar-refractivity contribution in [3.8, 4) is 0 Å². The molecule has 1 aliphatic rings. The minimum atomic E-state index is -1.06. The van der Waals surface area contributed by atoms with Crippen molar-refractivity contribution in [3.63, 3.8) is 0 Å². The largest absolute Gasteiger partial charge is 0.465 e. The van der Waals surface area contributed by atoms with Crippen LogP contribution in [0.2, 0.25) is 10.0 Å². The predicted octanol–water partition coefficient (Wildman–Crippen LogP) is 3.69. The van der Waals surface area contributed by atoms with Gasteiger partial charge < -0.3 is 14.7 Å². The second-order valence-corrected chi connectivity index (χ2v) is 5.57. The maximum absolute atomic E-state index is 12.1. The van der Waals surface area contributed by atoms with E-state index in [0.717, 1.165) is 11.1 Å². The highest BCUT2D eigenvalue weighted by atomic mass is 35.5. The molecule has 5 nitrogen and oxygen atoms in total. The molecule has 0 radical (unpaired) electrons. The van der Waals surface area contributed by atoms with Crippen LogP contribution in [0.25, 0.3) is 5.57 Å². The molecule has 0 bridgehead atoms. The Kier molecular flexibility index (Phi) is 5.32. The van der Waals surface area contributed by atoms with Crippen LogP contribution in [-0.2, 0) is 9.53 Å². The van der Waals surface area contributed by atoms with Gasteiger partial charge in [-0.15, -0.1) is 0 Å². The molecule has 1 heterocycles. The molecule has 1 N–H and O–H groups in total. The van der Waals surface area contributed by atoms with Gasteiger partial charge in [0.1, 0.15) is 0 Å². The Morgan fingerprint density at radius 2 is 2.05 bits per heavy atom. The summed E-state index contributed by atoms with van der Waals surface area (Å²) in [4.78, 5) is 24.5. The Balaban J connectivity index is 2.45. The average Bonchev–Trinajstić information content (AvgIpc) is 2.49. The van der Waals surface area contributed by atoms with E-state index in [4.69, 9.17) is 33.0 Å². The van der Waals surface area contributed by atoms with E-state index in [2.05, 4.69) is 0 Å². The maximum Gasteiger partial charge on any atom is 0.407 e. The van der Waals surface area contributed by atoms with E-state index >= 15 is 0 Å². The number of rotatable bonds is 3. The Bertz CT molecular complexity index is 642. The fourth-order valence-electron chi connectivity index (χ4n) is 2.33. The van der Waals surface area contributed by atoms with Crippen molar-refractivity contribution >= 4 is 40.8 Å². The number of benzene rings is 1. The van der Waals surface area contributed by atoms with Gasteiger partial charge >= 0.3 is 12.1 Å². The minimum absolute atomic E-state index is 0.00372. The van der Waals surface area contributed by atoms with E-state index in [-0.39, 0.29) is 13.2 Å². The van der Waals surface area contributed by atoms with Crippen molar-refractivity contribution in [2.45, 2.75) is 13.3 Å². The number of nitrogens with zero attached hydrogens (tertiary/aromatic N) is 1. The summed E-state index contributed by atoms with van der Waals surface area (Å²) in [5, 5.41) is 9.93. The molecule has 0 saturated heterocycles. The van der Waals surface area contributed by atoms with Gasteiger partial charge in [0.2, 0.25) is 0 Å². The molecule has 0 atom stereocenters. The van der Waals surface area contributed by atoms with Gasteiger partial charge in [0.05, 0.1) is 28.8 Å². The molecule has 0 aromatic heterocycles. The summed E-state index contributed by atoms with van der Waals surface area (Å²) in [6.07, 6.45) is -0.645. The molecule has 118 valence electrons. The third kappa shape index (κ3) is 3.54. The smallest absolute Gasteiger partial charge is 0.407 e. The lowest BCUT2D eigenvalue weighted by Crippen LogP contribution is -2.38. The van der Waals surface area contributed by atoms with Gasteiger partial charge in [0.25, 0.3) is 0 Å². The molecular formula is C15H15Cl2NO4. The molecular weight excluding hydrogens is 329 g/mol. The Morgan fingerprint density at radius 1 is 1.32 bits per heavy atom. The van der Waals surface area contributed by atoms with Gasteiger partial charge in [-0.3, -0.25) is 0 Å². The van der Waals surface area contributed by atoms with Crippen LogP contribution in [0.3, 0.4) is 0 Å². The SMILES string of the molecule is CCOC(=O)C1=C(c2ccc(Cl)c(Cl)c2)CCN(C(=O)O)C1. The van der Waals surface area contributed by atoms with Crippen molar-refractivity contribution in [2.24, 2.45) is 0 Å². The highest BCUT2D eigenvalue weighted by Gasteiger charge is 2.28. The summed E-state index contributed by atoms with van der Waals surface area (Å²) in [5.41, 5.74) is 1.84. The molecule has 22 heavy (non-hydrogen) atoms. The molecule has 1 aromatic rings. The number of carboxylic acid groups (broad SMARTS) is 1. The summed E-state index contributed by atoms with van der Waals surface area (Å²) < 4.78 is 5.04. The topological polar surface area (TPSA) is 66.8 Å². The third-order valence-corrected chi connectivity index (χ3v) is 4.14. The average molecular weight is 344 g/mol. The quantitative estimate of drug-likeness (QED) is 0.849. The van der Waals surface area contributed by atoms with E-state index in [1.54, 1.807) is 25.1 Å². The monoisotopic (exact) mass is 343 g/mol. The molecule has 0 fully saturated rings. The van der Waals surface area contributed by atoms with Crippen LogP contribution < -0.4 is 0 Å². The maximum atomic E-state index is 12.1. The Labute approximate surface area is 138 Å². The van der Waals surface area contributed by atoms with Gasteiger partial charge in [-0.1, -0.05) is 29.3 Å². The van der Waals surface area contributed by atoms with Crippen LogP contribution in [0.15, 0.2) is 23.8 Å². The van der Waals surface area contributed by atoms with Crippen molar-refractivity contribution in [1.29, 1.82) is 0 Å². The molecule has 0 aliphatic carbocycles. The molecule has 1 amide bonds. The van der Waals surface area contributed by atoms with E-state index in [1.165, 1.54) is 4.90 Å². The van der Waals surface area contributed by atoms with E-state index in [0.29, 0.717) is 28.6 Å². The second-order valence-electron chi connectivity index (χ2n) is 4.76. The number of hydrogen-bond acceptors (Lipinski definition) is 3. The van der Waals surface area contributed by atoms with Crippen LogP contribution in [0, 0.1) is 0 Å². The lowest BCUT2D eigenvalue weighted by atomic mass is 9.93. The summed E-state index contributed by atoms with van der Waals surface area (Å²) in [6.45, 7) is 2.25. The van der Waals surface area contributed by atoms with E-state index in [1.807, 2.05) is 0 Å². The first-order chi connectivity index (χ1) is 10.4. The number of amides is 1. The summed E-state index contributed by atoms with van der Waals surface area (Å²) in [5.74, 6) is -0.505. The molecule has 0 spiro atoms. The molecule has 2 rings (SSSR count). The first-order valence-electron chi connectivity index (χ1n) is 6.76. The Hall–Kier alpha value is -1.72. The van der Waals surface area contributed by atoms with Crippen LogP contribution in [0.1, 0.15) is 18.9 Å². The zero-order valence-electron chi connectivity index (χ0n) is 11.9. The number of carbonyl (C=O) groups is 2. The summed E-state index contributed by atoms with van der Waals surface area (Å²) in [6, 6.07) is 5.09.